The number of aromatic nitrogens is 2. The van der Waals surface area contributed by atoms with Gasteiger partial charge in [0.05, 0.1) is 23.8 Å². The van der Waals surface area contributed by atoms with Gasteiger partial charge in [-0.05, 0) is 46.1 Å². The summed E-state index contributed by atoms with van der Waals surface area (Å²) in [6.07, 6.45) is 12.3. The van der Waals surface area contributed by atoms with Crippen LogP contribution in [-0.4, -0.2) is 16.6 Å². The minimum absolute atomic E-state index is 0.0153. The first-order chi connectivity index (χ1) is 9.10. The molecule has 0 radical (unpaired) electrons. The van der Waals surface area contributed by atoms with E-state index < -0.39 is 0 Å². The monoisotopic (exact) mass is 263 g/mol. The highest BCUT2D eigenvalue weighted by molar-refractivity contribution is 5.12. The Kier molecular flexibility index (Phi) is 4.67. The Hall–Kier alpha value is -0.830. The summed E-state index contributed by atoms with van der Waals surface area (Å²) in [4.78, 5) is 4.42. The van der Waals surface area contributed by atoms with Gasteiger partial charge in [-0.3, -0.25) is 0 Å². The zero-order valence-corrected chi connectivity index (χ0v) is 12.9. The lowest BCUT2D eigenvalue weighted by atomic mass is 9.82. The van der Waals surface area contributed by atoms with Gasteiger partial charge in [-0.15, -0.1) is 0 Å². The van der Waals surface area contributed by atoms with Crippen LogP contribution < -0.4 is 5.32 Å². The van der Waals surface area contributed by atoms with Gasteiger partial charge in [-0.2, -0.15) is 0 Å². The second-order valence-electron chi connectivity index (χ2n) is 6.43. The molecular weight excluding hydrogens is 234 g/mol. The first kappa shape index (κ1) is 14.6. The maximum absolute atomic E-state index is 4.42. The highest BCUT2D eigenvalue weighted by atomic mass is 15.1. The van der Waals surface area contributed by atoms with E-state index in [0.717, 1.165) is 5.92 Å². The van der Waals surface area contributed by atoms with Gasteiger partial charge in [-0.1, -0.05) is 26.2 Å². The fourth-order valence-electron chi connectivity index (χ4n) is 3.46. The maximum atomic E-state index is 4.42. The van der Waals surface area contributed by atoms with E-state index in [1.54, 1.807) is 0 Å². The summed E-state index contributed by atoms with van der Waals surface area (Å²) in [7, 11) is 2.03. The summed E-state index contributed by atoms with van der Waals surface area (Å²) < 4.78 is 2.44. The fourth-order valence-corrected chi connectivity index (χ4v) is 3.46. The molecular formula is C16H29N3. The molecule has 0 spiro atoms. The van der Waals surface area contributed by atoms with Gasteiger partial charge in [0.1, 0.15) is 0 Å². The molecule has 1 N–H and O–H groups in total. The lowest BCUT2D eigenvalue weighted by Gasteiger charge is -2.34. The molecule has 3 heteroatoms. The second kappa shape index (κ2) is 6.08. The number of hydrogen-bond acceptors (Lipinski definition) is 2. The van der Waals surface area contributed by atoms with Crippen LogP contribution in [0, 0.1) is 5.92 Å². The van der Waals surface area contributed by atoms with Crippen LogP contribution >= 0.6 is 0 Å². The van der Waals surface area contributed by atoms with Crippen molar-refractivity contribution >= 4 is 0 Å². The summed E-state index contributed by atoms with van der Waals surface area (Å²) in [6, 6.07) is 0.616. The Morgan fingerprint density at radius 3 is 2.63 bits per heavy atom. The minimum Gasteiger partial charge on any atom is -0.330 e. The van der Waals surface area contributed by atoms with Crippen LogP contribution in [0.4, 0.5) is 0 Å². The van der Waals surface area contributed by atoms with Gasteiger partial charge in [0.25, 0.3) is 0 Å². The van der Waals surface area contributed by atoms with E-state index in [4.69, 9.17) is 0 Å². The Morgan fingerprint density at radius 2 is 2.05 bits per heavy atom. The summed E-state index contributed by atoms with van der Waals surface area (Å²) in [5.41, 5.74) is 1.30. The molecule has 0 saturated heterocycles. The summed E-state index contributed by atoms with van der Waals surface area (Å²) in [5.74, 6) is 0.833. The molecule has 1 unspecified atom stereocenters. The fraction of sp³-hybridized carbons (Fsp3) is 0.812. The van der Waals surface area contributed by atoms with E-state index in [9.17, 15) is 0 Å². The molecule has 1 heterocycles. The SMILES string of the molecule is CCC(C1CCCCC1)n1cncc1C(C)(C)NC. The van der Waals surface area contributed by atoms with Gasteiger partial charge in [0.2, 0.25) is 0 Å². The Labute approximate surface area is 117 Å². The smallest absolute Gasteiger partial charge is 0.0951 e. The predicted octanol–water partition coefficient (Wildman–Crippen LogP) is 3.87. The Bertz CT molecular complexity index is 388. The van der Waals surface area contributed by atoms with Gasteiger partial charge in [0, 0.05) is 6.04 Å². The maximum Gasteiger partial charge on any atom is 0.0951 e. The molecule has 2 rings (SSSR count). The van der Waals surface area contributed by atoms with Crippen LogP contribution in [0.5, 0.6) is 0 Å². The van der Waals surface area contributed by atoms with Crippen molar-refractivity contribution in [3.8, 4) is 0 Å². The van der Waals surface area contributed by atoms with E-state index >= 15 is 0 Å². The van der Waals surface area contributed by atoms with Crippen molar-refractivity contribution in [3.63, 3.8) is 0 Å². The van der Waals surface area contributed by atoms with E-state index in [1.807, 2.05) is 19.6 Å². The highest BCUT2D eigenvalue weighted by Crippen LogP contribution is 2.36. The molecule has 1 atom stereocenters. The molecule has 0 aromatic carbocycles. The number of rotatable bonds is 5. The quantitative estimate of drug-likeness (QED) is 0.874. The van der Waals surface area contributed by atoms with Gasteiger partial charge < -0.3 is 9.88 Å². The molecule has 1 aliphatic rings. The predicted molar refractivity (Wildman–Crippen MR) is 80.2 cm³/mol. The van der Waals surface area contributed by atoms with Crippen LogP contribution in [0.1, 0.15) is 71.0 Å². The molecule has 3 nitrogen and oxygen atoms in total. The molecule has 19 heavy (non-hydrogen) atoms. The van der Waals surface area contributed by atoms with Gasteiger partial charge in [0.15, 0.2) is 0 Å². The average molecular weight is 263 g/mol. The molecule has 0 aliphatic heterocycles. The number of nitrogens with zero attached hydrogens (tertiary/aromatic N) is 2. The molecule has 0 amide bonds. The van der Waals surface area contributed by atoms with Crippen molar-refractivity contribution in [2.75, 3.05) is 7.05 Å². The van der Waals surface area contributed by atoms with E-state index in [0.29, 0.717) is 6.04 Å². The number of hydrogen-bond donors (Lipinski definition) is 1. The average Bonchev–Trinajstić information content (AvgIpc) is 2.91. The summed E-state index contributed by atoms with van der Waals surface area (Å²) in [5, 5.41) is 3.41. The van der Waals surface area contributed by atoms with Crippen molar-refractivity contribution in [2.24, 2.45) is 5.92 Å². The highest BCUT2D eigenvalue weighted by Gasteiger charge is 2.29. The molecule has 1 aromatic rings. The van der Waals surface area contributed by atoms with Crippen molar-refractivity contribution < 1.29 is 0 Å². The van der Waals surface area contributed by atoms with Gasteiger partial charge >= 0.3 is 0 Å². The van der Waals surface area contributed by atoms with Crippen LogP contribution in [0.2, 0.25) is 0 Å². The minimum atomic E-state index is -0.0153. The second-order valence-corrected chi connectivity index (χ2v) is 6.43. The Balaban J connectivity index is 2.26. The Morgan fingerprint density at radius 1 is 1.37 bits per heavy atom. The molecule has 0 bridgehead atoms. The summed E-state index contributed by atoms with van der Waals surface area (Å²) in [6.45, 7) is 6.78. The zero-order valence-electron chi connectivity index (χ0n) is 12.9. The van der Waals surface area contributed by atoms with E-state index in [2.05, 4.69) is 35.6 Å². The topological polar surface area (TPSA) is 29.9 Å². The molecule has 108 valence electrons. The third-order valence-corrected chi connectivity index (χ3v) is 4.90. The van der Waals surface area contributed by atoms with Crippen molar-refractivity contribution in [1.82, 2.24) is 14.9 Å². The van der Waals surface area contributed by atoms with Crippen molar-refractivity contribution in [1.29, 1.82) is 0 Å². The van der Waals surface area contributed by atoms with E-state index in [1.165, 1.54) is 44.2 Å². The first-order valence-electron chi connectivity index (χ1n) is 7.81. The van der Waals surface area contributed by atoms with Crippen LogP contribution in [-0.2, 0) is 5.54 Å². The lowest BCUT2D eigenvalue weighted by Crippen LogP contribution is -2.37. The lowest BCUT2D eigenvalue weighted by molar-refractivity contribution is 0.230. The molecule has 1 fully saturated rings. The van der Waals surface area contributed by atoms with Crippen molar-refractivity contribution in [3.05, 3.63) is 18.2 Å². The van der Waals surface area contributed by atoms with Gasteiger partial charge in [-0.25, -0.2) is 4.98 Å². The number of imidazole rings is 1. The first-order valence-corrected chi connectivity index (χ1v) is 7.81. The zero-order chi connectivity index (χ0) is 13.9. The van der Waals surface area contributed by atoms with Crippen molar-refractivity contribution in [2.45, 2.75) is 70.9 Å². The standard InChI is InChI=1S/C16H29N3/c1-5-14(13-9-7-6-8-10-13)19-12-18-11-15(19)16(2,3)17-4/h11-14,17H,5-10H2,1-4H3. The van der Waals surface area contributed by atoms with Crippen LogP contribution in [0.25, 0.3) is 0 Å². The number of nitrogens with one attached hydrogen (secondary N) is 1. The largest absolute Gasteiger partial charge is 0.330 e. The molecule has 1 saturated carbocycles. The van der Waals surface area contributed by atoms with Crippen LogP contribution in [0.3, 0.4) is 0 Å². The van der Waals surface area contributed by atoms with Crippen LogP contribution in [0.15, 0.2) is 12.5 Å². The summed E-state index contributed by atoms with van der Waals surface area (Å²) >= 11 is 0. The third-order valence-electron chi connectivity index (χ3n) is 4.90. The normalized spacial score (nSPS) is 19.6. The van der Waals surface area contributed by atoms with E-state index in [-0.39, 0.29) is 5.54 Å². The molecule has 1 aliphatic carbocycles. The third kappa shape index (κ3) is 3.02. The molecule has 1 aromatic heterocycles.